The van der Waals surface area contributed by atoms with Crippen molar-refractivity contribution in [1.82, 2.24) is 19.5 Å². The molecule has 0 N–H and O–H groups in total. The van der Waals surface area contributed by atoms with Crippen molar-refractivity contribution in [3.63, 3.8) is 0 Å². The number of fused-ring (bicyclic) bond motifs is 5. The fourth-order valence-corrected chi connectivity index (χ4v) is 7.26. The van der Waals surface area contributed by atoms with Crippen LogP contribution in [-0.4, -0.2) is 19.5 Å². The van der Waals surface area contributed by atoms with Crippen LogP contribution in [0.5, 0.6) is 0 Å². The first kappa shape index (κ1) is 35.9. The van der Waals surface area contributed by atoms with Crippen LogP contribution in [0.25, 0.3) is 72.3 Å². The van der Waals surface area contributed by atoms with Crippen molar-refractivity contribution in [2.24, 2.45) is 0 Å². The molecule has 4 heterocycles. The van der Waals surface area contributed by atoms with Crippen molar-refractivity contribution in [1.29, 1.82) is 0 Å². The Kier molecular flexibility index (Phi) is 9.95. The first-order valence-corrected chi connectivity index (χ1v) is 19.0. The minimum absolute atomic E-state index is 0. The molecule has 289 valence electrons. The van der Waals surface area contributed by atoms with Gasteiger partial charge >= 0.3 is 0 Å². The van der Waals surface area contributed by atoms with Crippen LogP contribution >= 0.6 is 0 Å². The number of halogens is 1. The van der Waals surface area contributed by atoms with Crippen LogP contribution in [-0.2, 0) is 25.5 Å². The third-order valence-electron chi connectivity index (χ3n) is 10.2. The van der Waals surface area contributed by atoms with Gasteiger partial charge in [0, 0.05) is 52.7 Å². The predicted octanol–water partition coefficient (Wildman–Crippen LogP) is 13.5. The van der Waals surface area contributed by atoms with E-state index in [1.807, 2.05) is 42.5 Å². The smallest absolute Gasteiger partial charge is 0.156 e. The van der Waals surface area contributed by atoms with E-state index in [-0.39, 0.29) is 36.6 Å². The van der Waals surface area contributed by atoms with E-state index in [0.29, 0.717) is 17.5 Å². The van der Waals surface area contributed by atoms with Gasteiger partial charge in [-0.3, -0.25) is 9.37 Å². The minimum atomic E-state index is -2.33. The second-order valence-corrected chi connectivity index (χ2v) is 15.9. The molecule has 9 rings (SSSR count). The molecule has 9 aromatic rings. The van der Waals surface area contributed by atoms with Gasteiger partial charge in [-0.15, -0.1) is 42.0 Å². The van der Waals surface area contributed by atoms with E-state index in [9.17, 15) is 4.39 Å². The summed E-state index contributed by atoms with van der Waals surface area (Å²) in [5, 5.41) is 3.23. The van der Waals surface area contributed by atoms with Gasteiger partial charge in [0.1, 0.15) is 5.58 Å². The Hall–Kier alpha value is -5.49. The maximum absolute atomic E-state index is 14.1. The van der Waals surface area contributed by atoms with Gasteiger partial charge in [0.25, 0.3) is 0 Å². The molecule has 0 amide bonds. The minimum Gasteiger partial charge on any atom is -0.501 e. The number of aromatic nitrogens is 4. The van der Waals surface area contributed by atoms with Crippen molar-refractivity contribution >= 4 is 44.0 Å². The van der Waals surface area contributed by atoms with Gasteiger partial charge in [-0.2, -0.15) is 0 Å². The summed E-state index contributed by atoms with van der Waals surface area (Å²) in [5.74, 6) is 0.808. The van der Waals surface area contributed by atoms with E-state index in [1.165, 1.54) is 17.2 Å². The Bertz CT molecular complexity index is 2970. The zero-order chi connectivity index (χ0) is 41.8. The predicted molar refractivity (Wildman–Crippen MR) is 228 cm³/mol. The number of rotatable bonds is 5. The number of furan rings is 1. The molecule has 7 heteroatoms. The third-order valence-corrected chi connectivity index (χ3v) is 10.2. The summed E-state index contributed by atoms with van der Waals surface area (Å²) in [6.45, 7) is 12.9. The molecule has 4 aromatic heterocycles. The van der Waals surface area contributed by atoms with Crippen LogP contribution in [0, 0.1) is 24.8 Å². The van der Waals surface area contributed by atoms with Crippen LogP contribution in [0.3, 0.4) is 0 Å². The molecule has 5 aromatic carbocycles. The second-order valence-electron chi connectivity index (χ2n) is 15.9. The van der Waals surface area contributed by atoms with E-state index in [1.54, 1.807) is 12.3 Å². The molecule has 0 saturated heterocycles. The largest absolute Gasteiger partial charge is 0.501 e. The molecular formula is C50H45FIrN4O-2. The fraction of sp³-hybridized carbons (Fsp3) is 0.220. The summed E-state index contributed by atoms with van der Waals surface area (Å²) < 4.78 is 44.6. The van der Waals surface area contributed by atoms with E-state index < -0.39 is 12.7 Å². The molecule has 57 heavy (non-hydrogen) atoms. The molecule has 5 nitrogen and oxygen atoms in total. The zero-order valence-electron chi connectivity index (χ0n) is 36.0. The van der Waals surface area contributed by atoms with Gasteiger partial charge in [-0.1, -0.05) is 139 Å². The maximum atomic E-state index is 14.1. The molecule has 0 aliphatic heterocycles. The van der Waals surface area contributed by atoms with Crippen LogP contribution < -0.4 is 0 Å². The molecule has 0 spiro atoms. The number of hydrogen-bond acceptors (Lipinski definition) is 4. The monoisotopic (exact) mass is 932 g/mol. The summed E-state index contributed by atoms with van der Waals surface area (Å²) in [7, 11) is 0. The van der Waals surface area contributed by atoms with Crippen LogP contribution in [0.1, 0.15) is 86.7 Å². The van der Waals surface area contributed by atoms with E-state index >= 15 is 0 Å². The molecule has 0 fully saturated rings. The Balaban J connectivity index is 0.000000212. The average Bonchev–Trinajstić information content (AvgIpc) is 3.77. The Labute approximate surface area is 351 Å². The van der Waals surface area contributed by atoms with E-state index in [2.05, 4.69) is 119 Å². The van der Waals surface area contributed by atoms with Crippen molar-refractivity contribution in [3.05, 3.63) is 156 Å². The van der Waals surface area contributed by atoms with Crippen LogP contribution in [0.2, 0.25) is 0 Å². The van der Waals surface area contributed by atoms with Gasteiger partial charge in [0.2, 0.25) is 0 Å². The number of hydrogen-bond donors (Lipinski definition) is 0. The normalized spacial score (nSPS) is 12.8. The van der Waals surface area contributed by atoms with Crippen molar-refractivity contribution in [3.8, 4) is 28.3 Å². The molecule has 0 unspecified atom stereocenters. The van der Waals surface area contributed by atoms with Gasteiger partial charge in [-0.05, 0) is 57.8 Å². The molecule has 0 aliphatic rings. The van der Waals surface area contributed by atoms with Crippen LogP contribution in [0.15, 0.2) is 120 Å². The molecular weight excluding hydrogens is 884 g/mol. The fourth-order valence-electron chi connectivity index (χ4n) is 7.26. The number of para-hydroxylation sites is 3. The van der Waals surface area contributed by atoms with E-state index in [4.69, 9.17) is 18.5 Å². The number of nitrogens with zero attached hydrogens (tertiary/aromatic N) is 4. The quantitative estimate of drug-likeness (QED) is 0.161. The molecule has 0 bridgehead atoms. The SMILES string of the molecule is CC(C)c1cccc(C(C)C)c1-n1c(-c2[c-]ccc3c2oc2ccccc23)nc2cc3ccccc3nc21.[2H]C([2H])([2H])c1c[c-]c(-c2ccc(C(C)(C)C)cn2)c(F)c1.[Ir]. The van der Waals surface area contributed by atoms with Crippen molar-refractivity contribution < 1.29 is 33.0 Å². The molecule has 0 atom stereocenters. The summed E-state index contributed by atoms with van der Waals surface area (Å²) in [6.07, 6.45) is 1.71. The Morgan fingerprint density at radius 2 is 1.51 bits per heavy atom. The standard InChI is InChI=1S/C34H28N3O.C16H17FN.Ir/c1-20(2)23-13-9-14-24(21(3)4)31(23)37-33(36-29-19-22-11-5-7-17-28(22)35-34(29)37)27-16-10-15-26-25-12-6-8-18-30(25)38-32(26)27;1-11-5-7-13(14(17)9-11)15-8-6-12(10-18-15)16(2,3)4;/h5-15,17-21H,1-4H3;5-6,8-10H,1-4H3;/q2*-1;/i;1D3;. The Morgan fingerprint density at radius 3 is 2.19 bits per heavy atom. The Morgan fingerprint density at radius 1 is 0.772 bits per heavy atom. The number of benzene rings is 5. The summed E-state index contributed by atoms with van der Waals surface area (Å²) >= 11 is 0. The first-order valence-electron chi connectivity index (χ1n) is 20.5. The zero-order valence-corrected chi connectivity index (χ0v) is 35.4. The summed E-state index contributed by atoms with van der Waals surface area (Å²) in [6, 6.07) is 41.4. The molecule has 0 aliphatic carbocycles. The van der Waals surface area contributed by atoms with Crippen molar-refractivity contribution in [2.75, 3.05) is 0 Å². The van der Waals surface area contributed by atoms with Gasteiger partial charge in [0.15, 0.2) is 5.65 Å². The molecule has 1 radical (unpaired) electrons. The summed E-state index contributed by atoms with van der Waals surface area (Å²) in [5.41, 5.74) is 10.4. The van der Waals surface area contributed by atoms with E-state index in [0.717, 1.165) is 72.7 Å². The van der Waals surface area contributed by atoms with Crippen molar-refractivity contribution in [2.45, 2.75) is 72.6 Å². The van der Waals surface area contributed by atoms with Gasteiger partial charge in [0.05, 0.1) is 22.4 Å². The number of aryl methyl sites for hydroxylation is 1. The number of imidazole rings is 1. The average molecular weight is 932 g/mol. The molecule has 0 saturated carbocycles. The third kappa shape index (κ3) is 7.55. The van der Waals surface area contributed by atoms with Gasteiger partial charge < -0.3 is 14.0 Å². The first-order chi connectivity index (χ1) is 28.1. The van der Waals surface area contributed by atoms with Gasteiger partial charge in [-0.25, -0.2) is 4.98 Å². The topological polar surface area (TPSA) is 56.7 Å². The van der Waals surface area contributed by atoms with Crippen LogP contribution in [0.4, 0.5) is 4.39 Å². The second kappa shape index (κ2) is 15.8. The number of pyridine rings is 2. The maximum Gasteiger partial charge on any atom is 0.156 e. The summed E-state index contributed by atoms with van der Waals surface area (Å²) in [4.78, 5) is 14.7.